The van der Waals surface area contributed by atoms with Crippen LogP contribution in [0.4, 0.5) is 0 Å². The largest absolute Gasteiger partial charge is 0.381 e. The lowest BCUT2D eigenvalue weighted by Crippen LogP contribution is -2.48. The van der Waals surface area contributed by atoms with Crippen LogP contribution in [-0.2, 0) is 14.2 Å². The number of ether oxygens (including phenoxy) is 3. The Labute approximate surface area is 59.6 Å². The van der Waals surface area contributed by atoms with Crippen LogP contribution in [0.15, 0.2) is 0 Å². The van der Waals surface area contributed by atoms with Gasteiger partial charge in [-0.1, -0.05) is 0 Å². The van der Waals surface area contributed by atoms with Gasteiger partial charge < -0.3 is 19.9 Å². The van der Waals surface area contributed by atoms with Crippen LogP contribution in [0.1, 0.15) is 0 Å². The van der Waals surface area contributed by atoms with E-state index in [1.54, 1.807) is 0 Å². The van der Waals surface area contributed by atoms with Gasteiger partial charge in [-0.2, -0.15) is 0 Å². The number of nitrogens with two attached hydrogens (primary N) is 1. The minimum atomic E-state index is -1.51. The minimum absolute atomic E-state index is 0.319. The van der Waals surface area contributed by atoms with Crippen molar-refractivity contribution in [1.29, 1.82) is 5.41 Å². The molecule has 0 saturated carbocycles. The molecule has 0 saturated heterocycles. The van der Waals surface area contributed by atoms with Crippen molar-refractivity contribution in [3.8, 4) is 0 Å². The molecule has 0 amide bonds. The summed E-state index contributed by atoms with van der Waals surface area (Å²) in [4.78, 5) is 0. The van der Waals surface area contributed by atoms with Gasteiger partial charge in [-0.3, -0.25) is 5.41 Å². The van der Waals surface area contributed by atoms with Crippen LogP contribution in [0.2, 0.25) is 0 Å². The van der Waals surface area contributed by atoms with Gasteiger partial charge in [0.05, 0.1) is 0 Å². The number of rotatable bonds is 4. The second kappa shape index (κ2) is 3.50. The fraction of sp³-hybridized carbons (Fsp3) is 0.800. The number of amidine groups is 1. The molecule has 0 atom stereocenters. The van der Waals surface area contributed by atoms with Crippen LogP contribution in [0.5, 0.6) is 0 Å². The highest BCUT2D eigenvalue weighted by Gasteiger charge is 2.33. The molecule has 3 N–H and O–H groups in total. The zero-order chi connectivity index (χ0) is 8.20. The van der Waals surface area contributed by atoms with E-state index in [0.717, 1.165) is 0 Å². The van der Waals surface area contributed by atoms with Gasteiger partial charge in [-0.25, -0.2) is 0 Å². The Hall–Kier alpha value is -0.650. The van der Waals surface area contributed by atoms with Crippen molar-refractivity contribution < 1.29 is 14.2 Å². The Morgan fingerprint density at radius 1 is 1.20 bits per heavy atom. The first-order valence-electron chi connectivity index (χ1n) is 2.63. The smallest absolute Gasteiger partial charge is 0.344 e. The normalized spacial score (nSPS) is 11.5. The second-order valence-electron chi connectivity index (χ2n) is 1.58. The van der Waals surface area contributed by atoms with Crippen molar-refractivity contribution >= 4 is 5.84 Å². The molecule has 0 aromatic carbocycles. The maximum absolute atomic E-state index is 7.00. The van der Waals surface area contributed by atoms with Gasteiger partial charge in [-0.05, 0) is 0 Å². The molecule has 0 aliphatic heterocycles. The third kappa shape index (κ3) is 1.44. The van der Waals surface area contributed by atoms with Crippen molar-refractivity contribution in [1.82, 2.24) is 0 Å². The maximum Gasteiger partial charge on any atom is 0.344 e. The summed E-state index contributed by atoms with van der Waals surface area (Å²) in [5.74, 6) is -1.83. The average Bonchev–Trinajstić information content (AvgIpc) is 1.92. The molecule has 60 valence electrons. The van der Waals surface area contributed by atoms with E-state index in [9.17, 15) is 0 Å². The molecule has 5 nitrogen and oxygen atoms in total. The highest BCUT2D eigenvalue weighted by molar-refractivity contribution is 5.83. The fourth-order valence-corrected chi connectivity index (χ4v) is 0.580. The molecule has 0 unspecified atom stereocenters. The second-order valence-corrected chi connectivity index (χ2v) is 1.58. The lowest BCUT2D eigenvalue weighted by molar-refractivity contribution is -0.304. The van der Waals surface area contributed by atoms with E-state index in [4.69, 9.17) is 25.4 Å². The van der Waals surface area contributed by atoms with E-state index in [1.165, 1.54) is 21.3 Å². The van der Waals surface area contributed by atoms with Crippen LogP contribution in [0, 0.1) is 5.41 Å². The van der Waals surface area contributed by atoms with Gasteiger partial charge in [0.15, 0.2) is 5.84 Å². The van der Waals surface area contributed by atoms with Gasteiger partial charge in [0.1, 0.15) is 0 Å². The maximum atomic E-state index is 7.00. The Morgan fingerprint density at radius 2 is 1.50 bits per heavy atom. The molecule has 0 spiro atoms. The SMILES string of the molecule is COC(OC)(OC)C(=N)N. The fourth-order valence-electron chi connectivity index (χ4n) is 0.580. The number of nitrogens with one attached hydrogen (secondary N) is 1. The lowest BCUT2D eigenvalue weighted by atomic mass is 10.5. The summed E-state index contributed by atoms with van der Waals surface area (Å²) >= 11 is 0. The first-order chi connectivity index (χ1) is 4.63. The molecule has 0 radical (unpaired) electrons. The molecule has 0 aliphatic rings. The summed E-state index contributed by atoms with van der Waals surface area (Å²) < 4.78 is 14.1. The van der Waals surface area contributed by atoms with Crippen molar-refractivity contribution in [3.63, 3.8) is 0 Å². The summed E-state index contributed by atoms with van der Waals surface area (Å²) in [6.45, 7) is 0. The Balaban J connectivity index is 4.31. The zero-order valence-corrected chi connectivity index (χ0v) is 6.30. The first-order valence-corrected chi connectivity index (χ1v) is 2.63. The molecule has 0 aromatic rings. The number of methoxy groups -OCH3 is 3. The standard InChI is InChI=1S/C5H12N2O3/c1-8-5(9-2,10-3)4(6)7/h1-3H3,(H3,6,7). The van der Waals surface area contributed by atoms with E-state index in [-0.39, 0.29) is 5.84 Å². The summed E-state index contributed by atoms with van der Waals surface area (Å²) in [6.07, 6.45) is 0. The topological polar surface area (TPSA) is 77.6 Å². The first kappa shape index (κ1) is 9.35. The summed E-state index contributed by atoms with van der Waals surface area (Å²) in [7, 11) is 4.03. The van der Waals surface area contributed by atoms with Crippen molar-refractivity contribution in [2.75, 3.05) is 21.3 Å². The molecule has 5 heteroatoms. The van der Waals surface area contributed by atoms with Crippen LogP contribution < -0.4 is 5.73 Å². The van der Waals surface area contributed by atoms with E-state index in [0.29, 0.717) is 0 Å². The quantitative estimate of drug-likeness (QED) is 0.320. The van der Waals surface area contributed by atoms with Gasteiger partial charge in [0.25, 0.3) is 0 Å². The average molecular weight is 148 g/mol. The predicted octanol–water partition coefficient (Wildman–Crippen LogP) is -0.485. The molecule has 10 heavy (non-hydrogen) atoms. The third-order valence-corrected chi connectivity index (χ3v) is 1.14. The molecular weight excluding hydrogens is 136 g/mol. The lowest BCUT2D eigenvalue weighted by Gasteiger charge is -2.26. The van der Waals surface area contributed by atoms with Crippen LogP contribution >= 0.6 is 0 Å². The molecule has 0 rings (SSSR count). The van der Waals surface area contributed by atoms with Crippen LogP contribution in [0.25, 0.3) is 0 Å². The Bertz CT molecular complexity index is 114. The molecule has 0 heterocycles. The van der Waals surface area contributed by atoms with E-state index in [1.807, 2.05) is 0 Å². The van der Waals surface area contributed by atoms with Crippen molar-refractivity contribution in [3.05, 3.63) is 0 Å². The third-order valence-electron chi connectivity index (χ3n) is 1.14. The van der Waals surface area contributed by atoms with E-state index >= 15 is 0 Å². The van der Waals surface area contributed by atoms with Gasteiger partial charge in [0.2, 0.25) is 0 Å². The molecule has 0 aromatic heterocycles. The Morgan fingerprint density at radius 3 is 1.50 bits per heavy atom. The van der Waals surface area contributed by atoms with Gasteiger partial charge in [0, 0.05) is 21.3 Å². The summed E-state index contributed by atoms with van der Waals surface area (Å²) in [5, 5.41) is 7.00. The zero-order valence-electron chi connectivity index (χ0n) is 6.30. The monoisotopic (exact) mass is 148 g/mol. The number of hydrogen-bond acceptors (Lipinski definition) is 4. The Kier molecular flexibility index (Phi) is 3.27. The summed E-state index contributed by atoms with van der Waals surface area (Å²) in [6, 6.07) is 0. The van der Waals surface area contributed by atoms with E-state index < -0.39 is 5.97 Å². The summed E-state index contributed by atoms with van der Waals surface area (Å²) in [5.41, 5.74) is 5.11. The molecular formula is C5H12N2O3. The molecule has 0 bridgehead atoms. The minimum Gasteiger partial charge on any atom is -0.381 e. The van der Waals surface area contributed by atoms with Crippen molar-refractivity contribution in [2.24, 2.45) is 5.73 Å². The highest BCUT2D eigenvalue weighted by Crippen LogP contribution is 2.10. The van der Waals surface area contributed by atoms with E-state index in [2.05, 4.69) is 0 Å². The highest BCUT2D eigenvalue weighted by atomic mass is 16.9. The molecule has 0 fully saturated rings. The molecule has 0 aliphatic carbocycles. The van der Waals surface area contributed by atoms with Gasteiger partial charge >= 0.3 is 5.97 Å². The predicted molar refractivity (Wildman–Crippen MR) is 35.7 cm³/mol. The van der Waals surface area contributed by atoms with Crippen LogP contribution in [-0.4, -0.2) is 33.1 Å². The van der Waals surface area contributed by atoms with Crippen LogP contribution in [0.3, 0.4) is 0 Å². The number of hydrogen-bond donors (Lipinski definition) is 2. The van der Waals surface area contributed by atoms with Gasteiger partial charge in [-0.15, -0.1) is 0 Å². The van der Waals surface area contributed by atoms with Crippen molar-refractivity contribution in [2.45, 2.75) is 5.97 Å².